The molecule has 9 heteroatoms. The lowest BCUT2D eigenvalue weighted by Crippen LogP contribution is -2.33. The maximum atomic E-state index is 10.7. The highest BCUT2D eigenvalue weighted by molar-refractivity contribution is 7.80. The molecule has 0 saturated carbocycles. The van der Waals surface area contributed by atoms with Crippen LogP contribution in [0.5, 0.6) is 5.88 Å². The lowest BCUT2D eigenvalue weighted by Gasteiger charge is -2.21. The van der Waals surface area contributed by atoms with Crippen molar-refractivity contribution in [3.05, 3.63) is 47.8 Å². The number of thiocarbonyl (C=S) groups is 1. The third-order valence-electron chi connectivity index (χ3n) is 5.44. The predicted molar refractivity (Wildman–Crippen MR) is 128 cm³/mol. The molecule has 4 heterocycles. The Kier molecular flexibility index (Phi) is 9.03. The molecular weight excluding hydrogens is 426 g/mol. The van der Waals surface area contributed by atoms with Gasteiger partial charge in [-0.25, -0.2) is 9.97 Å². The number of aliphatic carboxylic acids is 1. The van der Waals surface area contributed by atoms with Crippen molar-refractivity contribution in [2.75, 3.05) is 45.2 Å². The van der Waals surface area contributed by atoms with Gasteiger partial charge in [0.1, 0.15) is 5.82 Å². The second-order valence-electron chi connectivity index (χ2n) is 7.72. The molecule has 8 nitrogen and oxygen atoms in total. The Bertz CT molecular complexity index is 896. The molecule has 4 rings (SSSR count). The zero-order valence-electron chi connectivity index (χ0n) is 18.5. The Balaban J connectivity index is 0.000000305. The molecule has 1 saturated heterocycles. The largest absolute Gasteiger partial charge is 0.481 e. The minimum absolute atomic E-state index is 0.139. The summed E-state index contributed by atoms with van der Waals surface area (Å²) >= 11 is 5.46. The van der Waals surface area contributed by atoms with Crippen LogP contribution in [-0.4, -0.2) is 75.8 Å². The summed E-state index contributed by atoms with van der Waals surface area (Å²) < 4.78 is 4.80. The van der Waals surface area contributed by atoms with Crippen LogP contribution in [0.2, 0.25) is 0 Å². The second-order valence-corrected chi connectivity index (χ2v) is 8.08. The predicted octanol–water partition coefficient (Wildman–Crippen LogP) is 2.84. The molecule has 2 N–H and O–H groups in total. The summed E-state index contributed by atoms with van der Waals surface area (Å²) in [5.74, 6) is 0.936. The monoisotopic (exact) mass is 457 g/mol. The van der Waals surface area contributed by atoms with Gasteiger partial charge in [-0.15, -0.1) is 0 Å². The second kappa shape index (κ2) is 12.2. The number of methoxy groups -OCH3 is 1. The van der Waals surface area contributed by atoms with Crippen LogP contribution in [-0.2, 0) is 17.6 Å². The average molecular weight is 458 g/mol. The molecule has 0 spiro atoms. The van der Waals surface area contributed by atoms with E-state index in [1.807, 2.05) is 17.0 Å². The number of aryl methyl sites for hydroxylation is 2. The number of pyridine rings is 2. The summed E-state index contributed by atoms with van der Waals surface area (Å²) in [4.78, 5) is 23.4. The normalized spacial score (nSPS) is 14.8. The summed E-state index contributed by atoms with van der Waals surface area (Å²) in [5, 5.41) is 12.9. The number of nitrogens with one attached hydrogen (secondary N) is 1. The van der Waals surface area contributed by atoms with Crippen molar-refractivity contribution in [2.24, 2.45) is 0 Å². The van der Waals surface area contributed by atoms with Crippen molar-refractivity contribution in [3.8, 4) is 5.88 Å². The van der Waals surface area contributed by atoms with Crippen molar-refractivity contribution in [1.29, 1.82) is 0 Å². The highest BCUT2D eigenvalue weighted by atomic mass is 32.1. The number of anilines is 1. The Morgan fingerprint density at radius 3 is 2.72 bits per heavy atom. The first kappa shape index (κ1) is 23.7. The molecule has 0 radical (unpaired) electrons. The summed E-state index contributed by atoms with van der Waals surface area (Å²) in [5.41, 5.74) is 2.44. The van der Waals surface area contributed by atoms with E-state index in [4.69, 9.17) is 27.0 Å². The maximum absolute atomic E-state index is 10.7. The van der Waals surface area contributed by atoms with Crippen LogP contribution in [0.15, 0.2) is 36.5 Å². The van der Waals surface area contributed by atoms with Crippen LogP contribution >= 0.6 is 12.2 Å². The quantitative estimate of drug-likeness (QED) is 0.581. The molecular formula is C23H31N5O3S. The number of rotatable bonds is 8. The molecule has 1 fully saturated rings. The number of aromatic nitrogens is 2. The van der Waals surface area contributed by atoms with E-state index in [1.165, 1.54) is 12.0 Å². The Hall–Kier alpha value is -2.94. The lowest BCUT2D eigenvalue weighted by atomic mass is 10.1. The first-order valence-corrected chi connectivity index (χ1v) is 11.4. The van der Waals surface area contributed by atoms with Crippen molar-refractivity contribution >= 4 is 29.1 Å². The Morgan fingerprint density at radius 1 is 1.22 bits per heavy atom. The van der Waals surface area contributed by atoms with E-state index in [2.05, 4.69) is 27.3 Å². The molecule has 172 valence electrons. The van der Waals surface area contributed by atoms with Gasteiger partial charge in [-0.05, 0) is 55.6 Å². The molecule has 0 amide bonds. The number of hydrogen-bond acceptors (Lipinski definition) is 6. The fourth-order valence-electron chi connectivity index (χ4n) is 3.71. The molecule has 2 aliphatic rings. The van der Waals surface area contributed by atoms with Crippen molar-refractivity contribution in [2.45, 2.75) is 32.1 Å². The number of carboxylic acid groups (broad SMARTS) is 1. The molecule has 2 aromatic rings. The third kappa shape index (κ3) is 7.05. The van der Waals surface area contributed by atoms with Gasteiger partial charge in [-0.3, -0.25) is 4.79 Å². The smallest absolute Gasteiger partial charge is 0.305 e. The zero-order chi connectivity index (χ0) is 22.8. The van der Waals surface area contributed by atoms with Gasteiger partial charge < -0.3 is 25.0 Å². The van der Waals surface area contributed by atoms with E-state index in [-0.39, 0.29) is 6.42 Å². The zero-order valence-corrected chi connectivity index (χ0v) is 19.3. The van der Waals surface area contributed by atoms with Crippen LogP contribution in [0.3, 0.4) is 0 Å². The molecule has 0 bridgehead atoms. The topological polar surface area (TPSA) is 90.8 Å². The van der Waals surface area contributed by atoms with Gasteiger partial charge in [0.15, 0.2) is 5.11 Å². The fraction of sp³-hybridized carbons (Fsp3) is 0.478. The minimum atomic E-state index is -0.775. The van der Waals surface area contributed by atoms with E-state index in [1.54, 1.807) is 19.4 Å². The van der Waals surface area contributed by atoms with Gasteiger partial charge in [0.25, 0.3) is 0 Å². The van der Waals surface area contributed by atoms with Crippen LogP contribution in [0.1, 0.15) is 30.5 Å². The molecule has 2 aromatic heterocycles. The fourth-order valence-corrected chi connectivity index (χ4v) is 4.07. The lowest BCUT2D eigenvalue weighted by molar-refractivity contribution is -0.137. The van der Waals surface area contributed by atoms with Gasteiger partial charge >= 0.3 is 5.97 Å². The van der Waals surface area contributed by atoms with Gasteiger partial charge in [0.05, 0.1) is 13.5 Å². The van der Waals surface area contributed by atoms with Gasteiger partial charge in [0.2, 0.25) is 5.88 Å². The molecule has 0 aliphatic carbocycles. The van der Waals surface area contributed by atoms with E-state index in [9.17, 15) is 4.79 Å². The molecule has 2 aliphatic heterocycles. The van der Waals surface area contributed by atoms with Gasteiger partial charge in [-0.2, -0.15) is 0 Å². The number of ether oxygens (including phenoxy) is 1. The summed E-state index contributed by atoms with van der Waals surface area (Å²) in [6, 6.07) is 9.86. The molecule has 0 atom stereocenters. The Morgan fingerprint density at radius 2 is 2.03 bits per heavy atom. The summed E-state index contributed by atoms with van der Waals surface area (Å²) in [6.45, 7) is 4.12. The van der Waals surface area contributed by atoms with Gasteiger partial charge in [0, 0.05) is 50.7 Å². The van der Waals surface area contributed by atoms with Gasteiger partial charge in [-0.1, -0.05) is 12.1 Å². The van der Waals surface area contributed by atoms with Crippen LogP contribution in [0.25, 0.3) is 0 Å². The van der Waals surface area contributed by atoms with E-state index < -0.39 is 5.97 Å². The molecule has 32 heavy (non-hydrogen) atoms. The number of carboxylic acids is 1. The number of nitrogens with zero attached hydrogens (tertiary/aromatic N) is 4. The summed E-state index contributed by atoms with van der Waals surface area (Å²) in [6.07, 6.45) is 6.06. The summed E-state index contributed by atoms with van der Waals surface area (Å²) in [7, 11) is 1.60. The van der Waals surface area contributed by atoms with E-state index in [0.29, 0.717) is 12.4 Å². The first-order chi connectivity index (χ1) is 15.6. The Labute approximate surface area is 194 Å². The van der Waals surface area contributed by atoms with E-state index >= 15 is 0 Å². The van der Waals surface area contributed by atoms with Crippen molar-refractivity contribution < 1.29 is 14.6 Å². The first-order valence-electron chi connectivity index (χ1n) is 11.0. The highest BCUT2D eigenvalue weighted by Gasteiger charge is 2.24. The van der Waals surface area contributed by atoms with Crippen molar-refractivity contribution in [1.82, 2.24) is 19.8 Å². The average Bonchev–Trinajstić information content (AvgIpc) is 3.18. The molecule has 0 aromatic carbocycles. The van der Waals surface area contributed by atoms with Crippen LogP contribution in [0, 0.1) is 0 Å². The van der Waals surface area contributed by atoms with Crippen molar-refractivity contribution in [3.63, 3.8) is 0 Å². The molecule has 0 unspecified atom stereocenters. The SMILES string of the molecule is COc1ccccn1.O=C(O)CCN1CCN(CCCc2ccc3c(n2)NCCC3)C1=S. The number of carbonyl (C=O) groups is 1. The van der Waals surface area contributed by atoms with Crippen LogP contribution in [0.4, 0.5) is 5.82 Å². The maximum Gasteiger partial charge on any atom is 0.305 e. The minimum Gasteiger partial charge on any atom is -0.481 e. The van der Waals surface area contributed by atoms with E-state index in [0.717, 1.165) is 62.1 Å². The number of fused-ring (bicyclic) bond motifs is 1. The number of hydrogen-bond donors (Lipinski definition) is 2. The van der Waals surface area contributed by atoms with Crippen LogP contribution < -0.4 is 10.1 Å². The third-order valence-corrected chi connectivity index (χ3v) is 5.95. The highest BCUT2D eigenvalue weighted by Crippen LogP contribution is 2.20. The standard InChI is InChI=1S/C17H24N4O2S.C6H7NO/c22-15(23)7-10-21-12-11-20(17(21)24)9-2-4-14-6-5-13-3-1-8-18-16(13)19-14;1-8-6-4-2-3-5-7-6/h5-6H,1-4,7-12H2,(H,18,19)(H,22,23);2-5H,1H3.